The van der Waals surface area contributed by atoms with Crippen LogP contribution in [0.3, 0.4) is 0 Å². The predicted molar refractivity (Wildman–Crippen MR) is 61.1 cm³/mol. The van der Waals surface area contributed by atoms with E-state index in [1.54, 1.807) is 20.8 Å². The number of hydrogen-bond donors (Lipinski definition) is 3. The summed E-state index contributed by atoms with van der Waals surface area (Å²) in [5.41, 5.74) is 3.10. The molecule has 8 heteroatoms. The van der Waals surface area contributed by atoms with Crippen LogP contribution in [-0.2, 0) is 14.3 Å². The van der Waals surface area contributed by atoms with Crippen LogP contribution in [0.1, 0.15) is 27.7 Å². The Morgan fingerprint density at radius 1 is 1.22 bits per heavy atom. The van der Waals surface area contributed by atoms with Gasteiger partial charge in [-0.15, -0.1) is 0 Å². The number of carbonyl (C=O) groups is 3. The maximum atomic E-state index is 11.8. The summed E-state index contributed by atoms with van der Waals surface area (Å²) in [7, 11) is 0. The number of alkyl halides is 1. The first-order valence-electron chi connectivity index (χ1n) is 5.30. The highest BCUT2D eigenvalue weighted by molar-refractivity contribution is 5.87. The van der Waals surface area contributed by atoms with Gasteiger partial charge in [-0.3, -0.25) is 20.4 Å². The molecule has 0 radical (unpaired) electrons. The van der Waals surface area contributed by atoms with E-state index >= 15 is 0 Å². The zero-order valence-corrected chi connectivity index (χ0v) is 10.8. The topological polar surface area (TPSA) is 96.5 Å². The minimum Gasteiger partial charge on any atom is -0.444 e. The number of ether oxygens (including phenoxy) is 1. The zero-order valence-electron chi connectivity index (χ0n) is 10.8. The highest BCUT2D eigenvalue weighted by Crippen LogP contribution is 2.06. The van der Waals surface area contributed by atoms with E-state index in [1.165, 1.54) is 6.92 Å². The van der Waals surface area contributed by atoms with Gasteiger partial charge < -0.3 is 10.1 Å². The van der Waals surface area contributed by atoms with Crippen molar-refractivity contribution in [3.05, 3.63) is 0 Å². The Labute approximate surface area is 104 Å². The van der Waals surface area contributed by atoms with E-state index in [1.807, 2.05) is 10.9 Å². The third-order valence-electron chi connectivity index (χ3n) is 1.57. The summed E-state index contributed by atoms with van der Waals surface area (Å²) in [6.07, 6.45) is -0.762. The van der Waals surface area contributed by atoms with E-state index in [0.717, 1.165) is 0 Å². The Bertz CT molecular complexity index is 328. The van der Waals surface area contributed by atoms with Crippen LogP contribution in [0.5, 0.6) is 0 Å². The van der Waals surface area contributed by atoms with Crippen LogP contribution < -0.4 is 16.2 Å². The molecule has 18 heavy (non-hydrogen) atoms. The van der Waals surface area contributed by atoms with Gasteiger partial charge in [0.25, 0.3) is 11.8 Å². The molecule has 0 fully saturated rings. The van der Waals surface area contributed by atoms with E-state index in [9.17, 15) is 18.8 Å². The summed E-state index contributed by atoms with van der Waals surface area (Å²) >= 11 is 0. The molecule has 3 N–H and O–H groups in total. The van der Waals surface area contributed by atoms with E-state index in [0.29, 0.717) is 0 Å². The normalized spacial score (nSPS) is 12.3. The summed E-state index contributed by atoms with van der Waals surface area (Å²) < 4.78 is 16.7. The molecule has 0 aromatic carbocycles. The summed E-state index contributed by atoms with van der Waals surface area (Å²) in [5.74, 6) is -1.67. The molecular formula is C10H18FN3O4. The lowest BCUT2D eigenvalue weighted by Crippen LogP contribution is -2.52. The summed E-state index contributed by atoms with van der Waals surface area (Å²) in [6, 6.07) is -0.931. The molecule has 0 aliphatic heterocycles. The average Bonchev–Trinajstić information content (AvgIpc) is 2.22. The molecule has 0 heterocycles. The molecule has 3 amide bonds. The van der Waals surface area contributed by atoms with Gasteiger partial charge in [0, 0.05) is 0 Å². The van der Waals surface area contributed by atoms with Gasteiger partial charge in [-0.05, 0) is 27.7 Å². The molecule has 0 saturated heterocycles. The van der Waals surface area contributed by atoms with Gasteiger partial charge in [0.05, 0.1) is 0 Å². The van der Waals surface area contributed by atoms with Gasteiger partial charge in [-0.25, -0.2) is 9.18 Å². The highest BCUT2D eigenvalue weighted by atomic mass is 19.1. The molecule has 0 rings (SSSR count). The van der Waals surface area contributed by atoms with E-state index in [4.69, 9.17) is 4.74 Å². The second kappa shape index (κ2) is 6.77. The number of alkyl carbamates (subject to hydrolysis) is 1. The smallest absolute Gasteiger partial charge is 0.408 e. The Morgan fingerprint density at radius 3 is 2.22 bits per heavy atom. The number of nitrogens with one attached hydrogen (secondary N) is 3. The van der Waals surface area contributed by atoms with Crippen molar-refractivity contribution in [2.45, 2.75) is 39.3 Å². The molecule has 0 aromatic heterocycles. The SMILES string of the molecule is C[C@@H](NC(=O)OC(C)(C)C)C(=O)NNC(=O)CF. The second-order valence-electron chi connectivity index (χ2n) is 4.54. The van der Waals surface area contributed by atoms with Crippen LogP contribution in [0.25, 0.3) is 0 Å². The molecule has 0 unspecified atom stereocenters. The van der Waals surface area contributed by atoms with E-state index < -0.39 is 36.2 Å². The molecule has 1 atom stereocenters. The molecule has 0 aliphatic carbocycles. The van der Waals surface area contributed by atoms with Crippen molar-refractivity contribution in [2.24, 2.45) is 0 Å². The van der Waals surface area contributed by atoms with E-state index in [2.05, 4.69) is 5.32 Å². The van der Waals surface area contributed by atoms with Crippen LogP contribution in [0.15, 0.2) is 0 Å². The van der Waals surface area contributed by atoms with Gasteiger partial charge in [-0.1, -0.05) is 0 Å². The number of rotatable bonds is 3. The molecule has 0 spiro atoms. The van der Waals surface area contributed by atoms with Gasteiger partial charge in [0.1, 0.15) is 11.6 Å². The highest BCUT2D eigenvalue weighted by Gasteiger charge is 2.21. The first-order chi connectivity index (χ1) is 8.15. The lowest BCUT2D eigenvalue weighted by molar-refractivity contribution is -0.130. The molecular weight excluding hydrogens is 245 g/mol. The minimum atomic E-state index is -1.24. The molecule has 0 aromatic rings. The number of amides is 3. The number of halogens is 1. The Morgan fingerprint density at radius 2 is 1.78 bits per heavy atom. The average molecular weight is 263 g/mol. The fourth-order valence-electron chi connectivity index (χ4n) is 0.823. The third kappa shape index (κ3) is 7.42. The van der Waals surface area contributed by atoms with Crippen molar-refractivity contribution >= 4 is 17.9 Å². The maximum Gasteiger partial charge on any atom is 0.408 e. The Kier molecular flexibility index (Phi) is 6.07. The number of hydrogen-bond acceptors (Lipinski definition) is 4. The molecule has 0 bridgehead atoms. The maximum absolute atomic E-state index is 11.8. The first kappa shape index (κ1) is 16.1. The first-order valence-corrected chi connectivity index (χ1v) is 5.30. The predicted octanol–water partition coefficient (Wildman–Crippen LogP) is 0.0165. The van der Waals surface area contributed by atoms with Crippen molar-refractivity contribution in [1.82, 2.24) is 16.2 Å². The van der Waals surface area contributed by atoms with Crippen molar-refractivity contribution in [3.8, 4) is 0 Å². The molecule has 0 aliphatic rings. The van der Waals surface area contributed by atoms with Gasteiger partial charge in [0.2, 0.25) is 0 Å². The molecule has 0 saturated carbocycles. The minimum absolute atomic E-state index is 0.678. The lowest BCUT2D eigenvalue weighted by atomic mass is 10.2. The molecule has 7 nitrogen and oxygen atoms in total. The van der Waals surface area contributed by atoms with Crippen LogP contribution in [0.4, 0.5) is 9.18 Å². The van der Waals surface area contributed by atoms with Crippen molar-refractivity contribution in [2.75, 3.05) is 6.67 Å². The van der Waals surface area contributed by atoms with Gasteiger partial charge in [0.15, 0.2) is 6.67 Å². The van der Waals surface area contributed by atoms with Gasteiger partial charge >= 0.3 is 6.09 Å². The lowest BCUT2D eigenvalue weighted by Gasteiger charge is -2.21. The van der Waals surface area contributed by atoms with Crippen molar-refractivity contribution in [3.63, 3.8) is 0 Å². The summed E-state index contributed by atoms with van der Waals surface area (Å²) in [5, 5.41) is 2.26. The van der Waals surface area contributed by atoms with Crippen molar-refractivity contribution < 1.29 is 23.5 Å². The standard InChI is InChI=1S/C10H18FN3O4/c1-6(8(16)14-13-7(15)5-11)12-9(17)18-10(2,3)4/h6H,5H2,1-4H3,(H,12,17)(H,13,15)(H,14,16)/t6-/m1/s1. The number of carbonyl (C=O) groups excluding carboxylic acids is 3. The Hall–Kier alpha value is -1.86. The monoisotopic (exact) mass is 263 g/mol. The fraction of sp³-hybridized carbons (Fsp3) is 0.700. The second-order valence-corrected chi connectivity index (χ2v) is 4.54. The quantitative estimate of drug-likeness (QED) is 0.625. The largest absolute Gasteiger partial charge is 0.444 e. The summed E-state index contributed by atoms with van der Waals surface area (Å²) in [4.78, 5) is 33.2. The van der Waals surface area contributed by atoms with Gasteiger partial charge in [-0.2, -0.15) is 0 Å². The van der Waals surface area contributed by atoms with Crippen LogP contribution >= 0.6 is 0 Å². The van der Waals surface area contributed by atoms with E-state index in [-0.39, 0.29) is 0 Å². The van der Waals surface area contributed by atoms with Crippen molar-refractivity contribution in [1.29, 1.82) is 0 Å². The van der Waals surface area contributed by atoms with Crippen LogP contribution in [0, 0.1) is 0 Å². The third-order valence-corrected chi connectivity index (χ3v) is 1.57. The fourth-order valence-corrected chi connectivity index (χ4v) is 0.823. The summed E-state index contributed by atoms with van der Waals surface area (Å²) in [6.45, 7) is 5.19. The van der Waals surface area contributed by atoms with Crippen LogP contribution in [0.2, 0.25) is 0 Å². The number of hydrazine groups is 1. The Balaban J connectivity index is 4.08. The van der Waals surface area contributed by atoms with Crippen LogP contribution in [-0.4, -0.2) is 36.2 Å². The zero-order chi connectivity index (χ0) is 14.3. The molecule has 104 valence electrons.